The van der Waals surface area contributed by atoms with E-state index in [0.29, 0.717) is 24.4 Å². The average molecular weight is 357 g/mol. The quantitative estimate of drug-likeness (QED) is 0.905. The number of nitrogens with zero attached hydrogens (tertiary/aromatic N) is 1. The van der Waals surface area contributed by atoms with Crippen molar-refractivity contribution >= 4 is 23.4 Å². The van der Waals surface area contributed by atoms with Crippen LogP contribution in [0.2, 0.25) is 5.02 Å². The molecule has 1 atom stereocenters. The molecule has 2 fully saturated rings. The molecule has 4 nitrogen and oxygen atoms in total. The van der Waals surface area contributed by atoms with Gasteiger partial charge in [-0.2, -0.15) is 0 Å². The molecule has 0 radical (unpaired) electrons. The summed E-state index contributed by atoms with van der Waals surface area (Å²) < 4.78 is 28.2. The van der Waals surface area contributed by atoms with Gasteiger partial charge in [0.1, 0.15) is 0 Å². The molecule has 0 bridgehead atoms. The van der Waals surface area contributed by atoms with Gasteiger partial charge in [0.15, 0.2) is 0 Å². The van der Waals surface area contributed by atoms with Gasteiger partial charge in [-0.05, 0) is 24.5 Å². The summed E-state index contributed by atoms with van der Waals surface area (Å²) in [6.45, 7) is -0.171. The maximum atomic E-state index is 14.1. The van der Waals surface area contributed by atoms with Crippen LogP contribution in [0, 0.1) is 5.41 Å². The second-order valence-corrected chi connectivity index (χ2v) is 7.07. The summed E-state index contributed by atoms with van der Waals surface area (Å²) in [5, 5.41) is 3.17. The topological polar surface area (TPSA) is 49.4 Å². The molecule has 0 aromatic heterocycles. The van der Waals surface area contributed by atoms with Crippen LogP contribution in [0.4, 0.5) is 8.78 Å². The first-order valence-electron chi connectivity index (χ1n) is 7.99. The van der Waals surface area contributed by atoms with Crippen molar-refractivity contribution in [1.29, 1.82) is 0 Å². The molecular weight excluding hydrogens is 338 g/mol. The SMILES string of the molecule is O=C(CCc1ccccc1Cl)N1CC(F)(F)C[C@]2(CCNC2=O)C1. The van der Waals surface area contributed by atoms with Crippen molar-refractivity contribution in [3.05, 3.63) is 34.9 Å². The van der Waals surface area contributed by atoms with E-state index in [1.807, 2.05) is 12.1 Å². The van der Waals surface area contributed by atoms with Crippen LogP contribution in [0.5, 0.6) is 0 Å². The molecule has 0 aliphatic carbocycles. The van der Waals surface area contributed by atoms with Gasteiger partial charge in [0, 0.05) is 31.0 Å². The normalized spacial score (nSPS) is 25.8. The zero-order valence-electron chi connectivity index (χ0n) is 13.2. The monoisotopic (exact) mass is 356 g/mol. The van der Waals surface area contributed by atoms with E-state index < -0.39 is 24.3 Å². The Balaban J connectivity index is 1.70. The van der Waals surface area contributed by atoms with Crippen molar-refractivity contribution in [1.82, 2.24) is 10.2 Å². The lowest BCUT2D eigenvalue weighted by molar-refractivity contribution is -0.160. The number of amides is 2. The summed E-state index contributed by atoms with van der Waals surface area (Å²) in [5.41, 5.74) is -0.341. The van der Waals surface area contributed by atoms with Gasteiger partial charge in [-0.3, -0.25) is 9.59 Å². The predicted octanol–water partition coefficient (Wildman–Crippen LogP) is 2.65. The van der Waals surface area contributed by atoms with E-state index >= 15 is 0 Å². The fraction of sp³-hybridized carbons (Fsp3) is 0.529. The van der Waals surface area contributed by atoms with Crippen LogP contribution < -0.4 is 5.32 Å². The first-order valence-corrected chi connectivity index (χ1v) is 8.36. The van der Waals surface area contributed by atoms with E-state index in [-0.39, 0.29) is 24.8 Å². The lowest BCUT2D eigenvalue weighted by Crippen LogP contribution is -2.56. The fourth-order valence-corrected chi connectivity index (χ4v) is 3.85. The number of carbonyl (C=O) groups is 2. The number of rotatable bonds is 3. The second-order valence-electron chi connectivity index (χ2n) is 6.66. The van der Waals surface area contributed by atoms with Crippen molar-refractivity contribution in [2.45, 2.75) is 31.6 Å². The molecule has 130 valence electrons. The van der Waals surface area contributed by atoms with Crippen molar-refractivity contribution < 1.29 is 18.4 Å². The Bertz CT molecular complexity index is 668. The molecule has 1 aromatic rings. The third-order valence-electron chi connectivity index (χ3n) is 4.80. The summed E-state index contributed by atoms with van der Waals surface area (Å²) in [5.74, 6) is -3.78. The predicted molar refractivity (Wildman–Crippen MR) is 86.0 cm³/mol. The number of aryl methyl sites for hydroxylation is 1. The first-order chi connectivity index (χ1) is 11.3. The Morgan fingerprint density at radius 1 is 1.29 bits per heavy atom. The first kappa shape index (κ1) is 17.1. The Morgan fingerprint density at radius 3 is 2.71 bits per heavy atom. The molecule has 2 heterocycles. The standard InChI is InChI=1S/C17H19ClF2N2O2/c18-13-4-2-1-3-12(13)5-6-14(23)22-10-16(7-8-21-15(16)24)9-17(19,20)11-22/h1-4H,5-11H2,(H,21,24)/t16-/m1/s1. The number of likely N-dealkylation sites (tertiary alicyclic amines) is 1. The van der Waals surface area contributed by atoms with Gasteiger partial charge in [-0.25, -0.2) is 8.78 Å². The molecule has 1 spiro atoms. The van der Waals surface area contributed by atoms with Gasteiger partial charge >= 0.3 is 0 Å². The molecule has 7 heteroatoms. The van der Waals surface area contributed by atoms with Crippen LogP contribution >= 0.6 is 11.6 Å². The highest BCUT2D eigenvalue weighted by molar-refractivity contribution is 6.31. The van der Waals surface area contributed by atoms with Crippen LogP contribution in [0.1, 0.15) is 24.8 Å². The number of hydrogen-bond acceptors (Lipinski definition) is 2. The van der Waals surface area contributed by atoms with Gasteiger partial charge < -0.3 is 10.2 Å². The van der Waals surface area contributed by atoms with Crippen LogP contribution in [0.25, 0.3) is 0 Å². The molecule has 0 unspecified atom stereocenters. The minimum Gasteiger partial charge on any atom is -0.356 e. The third kappa shape index (κ3) is 3.38. The van der Waals surface area contributed by atoms with Crippen LogP contribution in [0.15, 0.2) is 24.3 Å². The maximum Gasteiger partial charge on any atom is 0.266 e. The summed E-state index contributed by atoms with van der Waals surface area (Å²) >= 11 is 6.06. The Labute approximate surface area is 144 Å². The molecule has 1 N–H and O–H groups in total. The largest absolute Gasteiger partial charge is 0.356 e. The third-order valence-corrected chi connectivity index (χ3v) is 5.17. The second kappa shape index (κ2) is 6.31. The average Bonchev–Trinajstić information content (AvgIpc) is 2.84. The zero-order chi connectivity index (χ0) is 17.4. The Kier molecular flexibility index (Phi) is 4.51. The fourth-order valence-electron chi connectivity index (χ4n) is 3.62. The smallest absolute Gasteiger partial charge is 0.266 e. The van der Waals surface area contributed by atoms with E-state index in [1.54, 1.807) is 12.1 Å². The van der Waals surface area contributed by atoms with Gasteiger partial charge in [-0.1, -0.05) is 29.8 Å². The molecule has 24 heavy (non-hydrogen) atoms. The van der Waals surface area contributed by atoms with Crippen molar-refractivity contribution in [2.75, 3.05) is 19.6 Å². The van der Waals surface area contributed by atoms with Crippen molar-refractivity contribution in [3.8, 4) is 0 Å². The molecule has 3 rings (SSSR count). The molecule has 2 aliphatic rings. The summed E-state index contributed by atoms with van der Waals surface area (Å²) in [4.78, 5) is 25.6. The molecule has 2 saturated heterocycles. The number of benzene rings is 1. The highest BCUT2D eigenvalue weighted by Gasteiger charge is 2.55. The van der Waals surface area contributed by atoms with Crippen LogP contribution in [-0.4, -0.2) is 42.3 Å². The van der Waals surface area contributed by atoms with Gasteiger partial charge in [0.05, 0.1) is 12.0 Å². The van der Waals surface area contributed by atoms with Gasteiger partial charge in [0.25, 0.3) is 5.92 Å². The summed E-state index contributed by atoms with van der Waals surface area (Å²) in [7, 11) is 0. The number of carbonyl (C=O) groups excluding carboxylic acids is 2. The van der Waals surface area contributed by atoms with Gasteiger partial charge in [-0.15, -0.1) is 0 Å². The zero-order valence-corrected chi connectivity index (χ0v) is 13.9. The minimum absolute atomic E-state index is 0.0653. The Hall–Kier alpha value is -1.69. The maximum absolute atomic E-state index is 14.1. The molecule has 2 aliphatic heterocycles. The number of hydrogen-bond donors (Lipinski definition) is 1. The highest BCUT2D eigenvalue weighted by Crippen LogP contribution is 2.43. The lowest BCUT2D eigenvalue weighted by Gasteiger charge is -2.42. The van der Waals surface area contributed by atoms with Crippen LogP contribution in [0.3, 0.4) is 0 Å². The van der Waals surface area contributed by atoms with Crippen molar-refractivity contribution in [2.24, 2.45) is 5.41 Å². The highest BCUT2D eigenvalue weighted by atomic mass is 35.5. The van der Waals surface area contributed by atoms with E-state index in [0.717, 1.165) is 10.5 Å². The molecule has 0 saturated carbocycles. The molecule has 1 aromatic carbocycles. The number of piperidine rings is 1. The van der Waals surface area contributed by atoms with E-state index in [9.17, 15) is 18.4 Å². The summed E-state index contributed by atoms with van der Waals surface area (Å²) in [6.07, 6.45) is 0.340. The molecule has 2 amide bonds. The lowest BCUT2D eigenvalue weighted by atomic mass is 9.77. The number of alkyl halides is 2. The van der Waals surface area contributed by atoms with Gasteiger partial charge in [0.2, 0.25) is 11.8 Å². The Morgan fingerprint density at radius 2 is 2.04 bits per heavy atom. The summed E-state index contributed by atoms with van der Waals surface area (Å²) in [6, 6.07) is 7.15. The molecular formula is C17H19ClF2N2O2. The number of nitrogens with one attached hydrogen (secondary N) is 1. The van der Waals surface area contributed by atoms with E-state index in [4.69, 9.17) is 11.6 Å². The number of halogens is 3. The van der Waals surface area contributed by atoms with Crippen molar-refractivity contribution in [3.63, 3.8) is 0 Å². The van der Waals surface area contributed by atoms with E-state index in [2.05, 4.69) is 5.32 Å². The minimum atomic E-state index is -3.04. The van der Waals surface area contributed by atoms with E-state index in [1.165, 1.54) is 0 Å². The van der Waals surface area contributed by atoms with Crippen LogP contribution in [-0.2, 0) is 16.0 Å².